The number of benzene rings is 1. The van der Waals surface area contributed by atoms with Crippen molar-refractivity contribution in [1.82, 2.24) is 9.71 Å². The van der Waals surface area contributed by atoms with Crippen molar-refractivity contribution in [2.45, 2.75) is 30.6 Å². The van der Waals surface area contributed by atoms with Crippen LogP contribution in [0.1, 0.15) is 25.7 Å². The molecule has 1 heterocycles. The van der Waals surface area contributed by atoms with Gasteiger partial charge in [0.2, 0.25) is 10.0 Å². The molecule has 0 radical (unpaired) electrons. The zero-order valence-electron chi connectivity index (χ0n) is 11.7. The molecule has 6 heteroatoms. The summed E-state index contributed by atoms with van der Waals surface area (Å²) in [4.78, 5) is 3.22. The zero-order chi connectivity index (χ0) is 14.9. The SMILES string of the molecule is Nc1ccc2[nH]cc(S(=O)(=O)NCCC3=CCCC3)c2c1. The maximum absolute atomic E-state index is 12.4. The van der Waals surface area contributed by atoms with Crippen LogP contribution in [0.2, 0.25) is 0 Å². The van der Waals surface area contributed by atoms with E-state index in [1.165, 1.54) is 18.2 Å². The van der Waals surface area contributed by atoms with Crippen LogP contribution in [0.3, 0.4) is 0 Å². The van der Waals surface area contributed by atoms with Crippen LogP contribution in [0, 0.1) is 0 Å². The standard InChI is InChI=1S/C15H19N3O2S/c16-12-5-6-14-13(9-12)15(10-17-14)21(19,20)18-8-7-11-3-1-2-4-11/h3,5-6,9-10,17-18H,1-2,4,7-8,16H2. The first-order valence-corrected chi connectivity index (χ1v) is 8.59. The molecule has 1 aliphatic rings. The van der Waals surface area contributed by atoms with Gasteiger partial charge in [-0.05, 0) is 43.9 Å². The Kier molecular flexibility index (Phi) is 3.73. The molecule has 112 valence electrons. The summed E-state index contributed by atoms with van der Waals surface area (Å²) in [6.07, 6.45) is 7.89. The molecule has 0 amide bonds. The van der Waals surface area contributed by atoms with E-state index in [2.05, 4.69) is 15.8 Å². The molecule has 0 saturated carbocycles. The molecule has 0 atom stereocenters. The fourth-order valence-electron chi connectivity index (χ4n) is 2.72. The lowest BCUT2D eigenvalue weighted by Gasteiger charge is -2.06. The van der Waals surface area contributed by atoms with E-state index in [-0.39, 0.29) is 4.90 Å². The number of allylic oxidation sites excluding steroid dienone is 1. The summed E-state index contributed by atoms with van der Waals surface area (Å²) in [7, 11) is -3.52. The highest BCUT2D eigenvalue weighted by atomic mass is 32.2. The van der Waals surface area contributed by atoms with Crippen LogP contribution in [0.5, 0.6) is 0 Å². The van der Waals surface area contributed by atoms with Gasteiger partial charge >= 0.3 is 0 Å². The highest BCUT2D eigenvalue weighted by Gasteiger charge is 2.19. The number of hydrogen-bond donors (Lipinski definition) is 3. The minimum Gasteiger partial charge on any atom is -0.399 e. The lowest BCUT2D eigenvalue weighted by molar-refractivity contribution is 0.582. The molecule has 3 rings (SSSR count). The number of hydrogen-bond acceptors (Lipinski definition) is 3. The number of aromatic amines is 1. The molecule has 0 saturated heterocycles. The second kappa shape index (κ2) is 5.54. The third-order valence-corrected chi connectivity index (χ3v) is 5.33. The van der Waals surface area contributed by atoms with Crippen molar-refractivity contribution in [2.75, 3.05) is 12.3 Å². The molecule has 0 unspecified atom stereocenters. The maximum Gasteiger partial charge on any atom is 0.242 e. The molecular weight excluding hydrogens is 286 g/mol. The van der Waals surface area contributed by atoms with Crippen LogP contribution in [0.15, 0.2) is 40.9 Å². The molecular formula is C15H19N3O2S. The molecule has 1 aromatic carbocycles. The molecule has 0 aliphatic heterocycles. The summed E-state index contributed by atoms with van der Waals surface area (Å²) in [6, 6.07) is 5.21. The minimum atomic E-state index is -3.52. The van der Waals surface area contributed by atoms with E-state index in [1.54, 1.807) is 18.2 Å². The van der Waals surface area contributed by atoms with Crippen molar-refractivity contribution in [3.05, 3.63) is 36.0 Å². The molecule has 5 nitrogen and oxygen atoms in total. The van der Waals surface area contributed by atoms with E-state index < -0.39 is 10.0 Å². The molecule has 21 heavy (non-hydrogen) atoms. The highest BCUT2D eigenvalue weighted by molar-refractivity contribution is 7.89. The summed E-state index contributed by atoms with van der Waals surface area (Å²) in [5.74, 6) is 0. The third-order valence-electron chi connectivity index (χ3n) is 3.83. The van der Waals surface area contributed by atoms with Gasteiger partial charge in [-0.15, -0.1) is 0 Å². The van der Waals surface area contributed by atoms with Gasteiger partial charge in [-0.25, -0.2) is 13.1 Å². The van der Waals surface area contributed by atoms with E-state index in [9.17, 15) is 8.42 Å². The monoisotopic (exact) mass is 305 g/mol. The van der Waals surface area contributed by atoms with Crippen LogP contribution < -0.4 is 10.5 Å². The third kappa shape index (κ3) is 2.96. The number of nitrogen functional groups attached to an aromatic ring is 1. The Hall–Kier alpha value is -1.79. The Morgan fingerprint density at radius 1 is 1.33 bits per heavy atom. The quantitative estimate of drug-likeness (QED) is 0.586. The molecule has 4 N–H and O–H groups in total. The van der Waals surface area contributed by atoms with Crippen LogP contribution in [-0.2, 0) is 10.0 Å². The van der Waals surface area contributed by atoms with Gasteiger partial charge in [-0.1, -0.05) is 11.6 Å². The van der Waals surface area contributed by atoms with Gasteiger partial charge in [0.05, 0.1) is 0 Å². The second-order valence-electron chi connectivity index (χ2n) is 5.36. The lowest BCUT2D eigenvalue weighted by Crippen LogP contribution is -2.24. The Labute approximate surface area is 124 Å². The summed E-state index contributed by atoms with van der Waals surface area (Å²) in [5.41, 5.74) is 8.41. The van der Waals surface area contributed by atoms with E-state index >= 15 is 0 Å². The Morgan fingerprint density at radius 3 is 2.95 bits per heavy atom. The number of nitrogens with one attached hydrogen (secondary N) is 2. The minimum absolute atomic E-state index is 0.255. The van der Waals surface area contributed by atoms with Crippen molar-refractivity contribution in [3.8, 4) is 0 Å². The van der Waals surface area contributed by atoms with Gasteiger partial charge in [0.25, 0.3) is 0 Å². The smallest absolute Gasteiger partial charge is 0.242 e. The van der Waals surface area contributed by atoms with Crippen molar-refractivity contribution in [3.63, 3.8) is 0 Å². The van der Waals surface area contributed by atoms with Gasteiger partial charge in [-0.3, -0.25) is 0 Å². The predicted molar refractivity (Wildman–Crippen MR) is 84.5 cm³/mol. The number of H-pyrrole nitrogens is 1. The Morgan fingerprint density at radius 2 is 2.19 bits per heavy atom. The molecule has 0 fully saturated rings. The number of sulfonamides is 1. The Bertz CT molecular complexity index is 790. The maximum atomic E-state index is 12.4. The topological polar surface area (TPSA) is 88.0 Å². The average molecular weight is 305 g/mol. The van der Waals surface area contributed by atoms with Gasteiger partial charge in [0.15, 0.2) is 0 Å². The fraction of sp³-hybridized carbons (Fsp3) is 0.333. The first-order chi connectivity index (χ1) is 10.1. The second-order valence-corrected chi connectivity index (χ2v) is 7.10. The average Bonchev–Trinajstić information content (AvgIpc) is 3.07. The predicted octanol–water partition coefficient (Wildman–Crippen LogP) is 2.53. The number of anilines is 1. The van der Waals surface area contributed by atoms with Crippen molar-refractivity contribution in [1.29, 1.82) is 0 Å². The van der Waals surface area contributed by atoms with Crippen LogP contribution >= 0.6 is 0 Å². The summed E-state index contributed by atoms with van der Waals surface area (Å²) in [6.45, 7) is 0.434. The number of aromatic nitrogens is 1. The van der Waals surface area contributed by atoms with Crippen LogP contribution in [0.25, 0.3) is 10.9 Å². The molecule has 1 aliphatic carbocycles. The van der Waals surface area contributed by atoms with Crippen LogP contribution in [-0.4, -0.2) is 19.9 Å². The first kappa shape index (κ1) is 14.2. The largest absolute Gasteiger partial charge is 0.399 e. The summed E-state index contributed by atoms with van der Waals surface area (Å²) in [5, 5.41) is 0.627. The van der Waals surface area contributed by atoms with E-state index in [4.69, 9.17) is 5.73 Å². The van der Waals surface area contributed by atoms with Crippen molar-refractivity contribution in [2.24, 2.45) is 0 Å². The highest BCUT2D eigenvalue weighted by Crippen LogP contribution is 2.25. The van der Waals surface area contributed by atoms with E-state index in [1.807, 2.05) is 0 Å². The molecule has 1 aromatic heterocycles. The van der Waals surface area contributed by atoms with Gasteiger partial charge < -0.3 is 10.7 Å². The van der Waals surface area contributed by atoms with Crippen molar-refractivity contribution < 1.29 is 8.42 Å². The number of nitrogens with two attached hydrogens (primary N) is 1. The molecule has 2 aromatic rings. The van der Waals surface area contributed by atoms with E-state index in [0.717, 1.165) is 24.8 Å². The first-order valence-electron chi connectivity index (χ1n) is 7.10. The van der Waals surface area contributed by atoms with Gasteiger partial charge in [0.1, 0.15) is 4.90 Å². The zero-order valence-corrected chi connectivity index (χ0v) is 12.5. The van der Waals surface area contributed by atoms with E-state index in [0.29, 0.717) is 17.6 Å². The lowest BCUT2D eigenvalue weighted by atomic mass is 10.2. The summed E-state index contributed by atoms with van der Waals surface area (Å²) < 4.78 is 27.5. The Balaban J connectivity index is 1.78. The summed E-state index contributed by atoms with van der Waals surface area (Å²) >= 11 is 0. The fourth-order valence-corrected chi connectivity index (χ4v) is 3.92. The van der Waals surface area contributed by atoms with Gasteiger partial charge in [0, 0.05) is 29.3 Å². The normalized spacial score (nSPS) is 15.5. The van der Waals surface area contributed by atoms with Gasteiger partial charge in [-0.2, -0.15) is 0 Å². The number of rotatable bonds is 5. The molecule has 0 bridgehead atoms. The number of fused-ring (bicyclic) bond motifs is 1. The van der Waals surface area contributed by atoms with Crippen LogP contribution in [0.4, 0.5) is 5.69 Å². The van der Waals surface area contributed by atoms with Crippen molar-refractivity contribution >= 4 is 26.6 Å². The molecule has 0 spiro atoms.